The second-order valence-electron chi connectivity index (χ2n) is 4.17. The smallest absolute Gasteiger partial charge is 0.151 e. The molecule has 19 heavy (non-hydrogen) atoms. The molecule has 1 rings (SSSR count). The number of rotatable bonds is 5. The highest BCUT2D eigenvalue weighted by Crippen LogP contribution is 2.39. The summed E-state index contributed by atoms with van der Waals surface area (Å²) in [6.07, 6.45) is 1.19. The van der Waals surface area contributed by atoms with Gasteiger partial charge in [-0.05, 0) is 25.5 Å². The zero-order valence-electron chi connectivity index (χ0n) is 10.8. The van der Waals surface area contributed by atoms with Crippen LogP contribution in [0.4, 0.5) is 0 Å². The number of sulfone groups is 1. The van der Waals surface area contributed by atoms with Crippen molar-refractivity contribution in [2.75, 3.05) is 12.9 Å². The molecular weight excluding hydrogens is 375 g/mol. The lowest BCUT2D eigenvalue weighted by molar-refractivity contribution is 0.340. The minimum Gasteiger partial charge on any atom is -0.492 e. The van der Waals surface area contributed by atoms with Crippen LogP contribution in [0.5, 0.6) is 5.75 Å². The van der Waals surface area contributed by atoms with Gasteiger partial charge < -0.3 is 4.74 Å². The Morgan fingerprint density at radius 1 is 1.32 bits per heavy atom. The zero-order chi connectivity index (χ0) is 14.8. The van der Waals surface area contributed by atoms with Gasteiger partial charge in [-0.3, -0.25) is 0 Å². The van der Waals surface area contributed by atoms with Crippen molar-refractivity contribution in [3.8, 4) is 5.75 Å². The van der Waals surface area contributed by atoms with E-state index in [2.05, 4.69) is 15.9 Å². The summed E-state index contributed by atoms with van der Waals surface area (Å²) in [5.74, 6) is 0.490. The molecule has 2 unspecified atom stereocenters. The van der Waals surface area contributed by atoms with Crippen molar-refractivity contribution in [3.05, 3.63) is 27.7 Å². The standard InChI is InChI=1S/C12H15BrCl2O3S/c1-4-18-11-6-9(14)8(5-10(11)15)12(13)7(2)19(3,16)17/h5-7,12H,4H2,1-3H3. The largest absolute Gasteiger partial charge is 0.492 e. The normalized spacial score (nSPS) is 15.1. The summed E-state index contributed by atoms with van der Waals surface area (Å²) in [6, 6.07) is 3.24. The van der Waals surface area contributed by atoms with Gasteiger partial charge in [0.15, 0.2) is 9.84 Å². The lowest BCUT2D eigenvalue weighted by Gasteiger charge is -2.19. The number of benzene rings is 1. The Hall–Kier alpha value is 0.0300. The molecule has 0 aromatic heterocycles. The first kappa shape index (κ1) is 17.1. The predicted octanol–water partition coefficient (Wildman–Crippen LogP) is 4.26. The van der Waals surface area contributed by atoms with E-state index in [1.54, 1.807) is 19.1 Å². The van der Waals surface area contributed by atoms with Crippen molar-refractivity contribution in [1.82, 2.24) is 0 Å². The quantitative estimate of drug-likeness (QED) is 0.706. The maximum absolute atomic E-state index is 11.6. The minimum atomic E-state index is -3.18. The van der Waals surface area contributed by atoms with Gasteiger partial charge in [0.2, 0.25) is 0 Å². The number of halogens is 3. The third kappa shape index (κ3) is 4.25. The third-order valence-corrected chi connectivity index (χ3v) is 6.62. The number of hydrogen-bond donors (Lipinski definition) is 0. The highest BCUT2D eigenvalue weighted by molar-refractivity contribution is 9.09. The van der Waals surface area contributed by atoms with Crippen LogP contribution in [-0.2, 0) is 9.84 Å². The Bertz CT molecular complexity index is 560. The fraction of sp³-hybridized carbons (Fsp3) is 0.500. The molecular formula is C12H15BrCl2O3S. The first-order chi connectivity index (χ1) is 8.68. The maximum Gasteiger partial charge on any atom is 0.151 e. The SMILES string of the molecule is CCOc1cc(Cl)c(C(Br)C(C)S(C)(=O)=O)cc1Cl. The summed E-state index contributed by atoms with van der Waals surface area (Å²) in [5, 5.41) is 0.218. The molecule has 0 aliphatic rings. The molecule has 2 atom stereocenters. The first-order valence-corrected chi connectivity index (χ1v) is 9.25. The van der Waals surface area contributed by atoms with E-state index in [0.717, 1.165) is 0 Å². The van der Waals surface area contributed by atoms with E-state index in [4.69, 9.17) is 27.9 Å². The van der Waals surface area contributed by atoms with Gasteiger partial charge >= 0.3 is 0 Å². The van der Waals surface area contributed by atoms with Crippen LogP contribution in [0.2, 0.25) is 10.0 Å². The Labute approximate surface area is 132 Å². The monoisotopic (exact) mass is 388 g/mol. The van der Waals surface area contributed by atoms with Crippen LogP contribution in [0.3, 0.4) is 0 Å². The molecule has 7 heteroatoms. The van der Waals surface area contributed by atoms with Gasteiger partial charge in [-0.15, -0.1) is 0 Å². The Balaban J connectivity index is 3.18. The van der Waals surface area contributed by atoms with E-state index < -0.39 is 19.9 Å². The van der Waals surface area contributed by atoms with Gasteiger partial charge in [0.05, 0.1) is 21.7 Å². The summed E-state index contributed by atoms with van der Waals surface area (Å²) in [6.45, 7) is 3.94. The lowest BCUT2D eigenvalue weighted by atomic mass is 10.1. The van der Waals surface area contributed by atoms with Gasteiger partial charge in [-0.1, -0.05) is 39.1 Å². The highest BCUT2D eigenvalue weighted by atomic mass is 79.9. The van der Waals surface area contributed by atoms with Crippen molar-refractivity contribution in [1.29, 1.82) is 0 Å². The molecule has 0 amide bonds. The van der Waals surface area contributed by atoms with Crippen LogP contribution in [0.25, 0.3) is 0 Å². The Morgan fingerprint density at radius 3 is 2.37 bits per heavy atom. The van der Waals surface area contributed by atoms with E-state index in [-0.39, 0.29) is 0 Å². The highest BCUT2D eigenvalue weighted by Gasteiger charge is 2.27. The van der Waals surface area contributed by atoms with Gasteiger partial charge in [-0.25, -0.2) is 8.42 Å². The molecule has 1 aromatic rings. The second kappa shape index (κ2) is 6.66. The van der Waals surface area contributed by atoms with Crippen LogP contribution in [0, 0.1) is 0 Å². The molecule has 1 aromatic carbocycles. The van der Waals surface area contributed by atoms with E-state index in [1.807, 2.05) is 6.92 Å². The van der Waals surface area contributed by atoms with Crippen LogP contribution >= 0.6 is 39.1 Å². The van der Waals surface area contributed by atoms with Crippen molar-refractivity contribution in [2.45, 2.75) is 23.9 Å². The van der Waals surface area contributed by atoms with Gasteiger partial charge in [-0.2, -0.15) is 0 Å². The molecule has 0 N–H and O–H groups in total. The number of ether oxygens (including phenoxy) is 1. The van der Waals surface area contributed by atoms with Crippen molar-refractivity contribution >= 4 is 49.0 Å². The average Bonchev–Trinajstić information content (AvgIpc) is 2.30. The van der Waals surface area contributed by atoms with Crippen LogP contribution < -0.4 is 4.74 Å². The van der Waals surface area contributed by atoms with E-state index in [1.165, 1.54) is 6.26 Å². The van der Waals surface area contributed by atoms with E-state index in [9.17, 15) is 8.42 Å². The maximum atomic E-state index is 11.6. The number of hydrogen-bond acceptors (Lipinski definition) is 3. The molecule has 0 bridgehead atoms. The van der Waals surface area contributed by atoms with Gasteiger partial charge in [0.25, 0.3) is 0 Å². The summed E-state index contributed by atoms with van der Waals surface area (Å²) in [4.78, 5) is -0.428. The second-order valence-corrected chi connectivity index (χ2v) is 8.38. The Morgan fingerprint density at radius 2 is 1.89 bits per heavy atom. The minimum absolute atomic E-state index is 0.409. The first-order valence-electron chi connectivity index (χ1n) is 5.63. The van der Waals surface area contributed by atoms with Crippen molar-refractivity contribution in [3.63, 3.8) is 0 Å². The van der Waals surface area contributed by atoms with Crippen molar-refractivity contribution < 1.29 is 13.2 Å². The Kier molecular flexibility index (Phi) is 5.98. The lowest BCUT2D eigenvalue weighted by Crippen LogP contribution is -2.21. The summed E-state index contributed by atoms with van der Waals surface area (Å²) in [7, 11) is -3.18. The van der Waals surface area contributed by atoms with E-state index in [0.29, 0.717) is 28.0 Å². The summed E-state index contributed by atoms with van der Waals surface area (Å²) >= 11 is 15.6. The van der Waals surface area contributed by atoms with Crippen LogP contribution in [0.15, 0.2) is 12.1 Å². The molecule has 108 valence electrons. The molecule has 0 aliphatic carbocycles. The molecule has 0 saturated carbocycles. The van der Waals surface area contributed by atoms with Gasteiger partial charge in [0.1, 0.15) is 5.75 Å². The summed E-state index contributed by atoms with van der Waals surface area (Å²) < 4.78 is 28.5. The molecule has 0 spiro atoms. The zero-order valence-corrected chi connectivity index (χ0v) is 14.7. The van der Waals surface area contributed by atoms with E-state index >= 15 is 0 Å². The fourth-order valence-corrected chi connectivity index (χ4v) is 4.26. The molecule has 3 nitrogen and oxygen atoms in total. The van der Waals surface area contributed by atoms with Crippen LogP contribution in [0.1, 0.15) is 24.2 Å². The third-order valence-electron chi connectivity index (χ3n) is 2.74. The molecule has 0 radical (unpaired) electrons. The number of alkyl halides is 1. The summed E-state index contributed by atoms with van der Waals surface area (Å²) in [5.41, 5.74) is 0.632. The van der Waals surface area contributed by atoms with Gasteiger partial charge in [0, 0.05) is 17.3 Å². The van der Waals surface area contributed by atoms with Crippen LogP contribution in [-0.4, -0.2) is 26.5 Å². The topological polar surface area (TPSA) is 43.4 Å². The molecule has 0 saturated heterocycles. The van der Waals surface area contributed by atoms with Crippen molar-refractivity contribution in [2.24, 2.45) is 0 Å². The molecule has 0 aliphatic heterocycles. The predicted molar refractivity (Wildman–Crippen MR) is 83.6 cm³/mol. The fourth-order valence-electron chi connectivity index (χ4n) is 1.49. The molecule has 0 heterocycles. The molecule has 0 fully saturated rings. The average molecular weight is 390 g/mol.